The third-order valence-corrected chi connectivity index (χ3v) is 6.82. The molecule has 0 radical (unpaired) electrons. The van der Waals surface area contributed by atoms with Crippen molar-refractivity contribution in [1.82, 2.24) is 0 Å². The van der Waals surface area contributed by atoms with E-state index in [1.54, 1.807) is 0 Å². The van der Waals surface area contributed by atoms with E-state index in [9.17, 15) is 9.59 Å². The molecule has 5 nitrogen and oxygen atoms in total. The lowest BCUT2D eigenvalue weighted by Gasteiger charge is -2.40. The minimum absolute atomic E-state index is 0.00449. The molecule has 0 aromatic rings. The monoisotopic (exact) mass is 362 g/mol. The Morgan fingerprint density at radius 2 is 1.96 bits per heavy atom. The molecule has 1 spiro atoms. The number of hydrogen-bond donors (Lipinski definition) is 0. The van der Waals surface area contributed by atoms with E-state index in [2.05, 4.69) is 13.8 Å². The molecule has 0 N–H and O–H groups in total. The van der Waals surface area contributed by atoms with Gasteiger partial charge in [-0.25, -0.2) is 4.79 Å². The van der Waals surface area contributed by atoms with Gasteiger partial charge in [-0.3, -0.25) is 4.79 Å². The second kappa shape index (κ2) is 6.99. The summed E-state index contributed by atoms with van der Waals surface area (Å²) < 4.78 is 17.0. The van der Waals surface area contributed by atoms with Gasteiger partial charge in [-0.2, -0.15) is 0 Å². The normalized spacial score (nSPS) is 37.6. The maximum absolute atomic E-state index is 12.7. The van der Waals surface area contributed by atoms with Crippen molar-refractivity contribution in [3.63, 3.8) is 0 Å². The molecule has 1 saturated heterocycles. The van der Waals surface area contributed by atoms with Crippen LogP contribution in [0.25, 0.3) is 0 Å². The summed E-state index contributed by atoms with van der Waals surface area (Å²) >= 11 is 0. The Labute approximate surface area is 155 Å². The molecule has 2 saturated carbocycles. The number of epoxide rings is 1. The Balaban J connectivity index is 1.57. The first-order valence-corrected chi connectivity index (χ1v) is 10.2. The molecule has 2 aliphatic heterocycles. The van der Waals surface area contributed by atoms with Gasteiger partial charge in [0.1, 0.15) is 18.3 Å². The van der Waals surface area contributed by atoms with Crippen LogP contribution in [-0.2, 0) is 23.8 Å². The van der Waals surface area contributed by atoms with Gasteiger partial charge in [0, 0.05) is 0 Å². The Hall–Kier alpha value is -1.36. The standard InChI is InChI=1S/C21H30O5/c1-13(2)16-8-9-21(12-25-21)18-17(16)10-14(11-24-20(18)23)19(22)26-15-6-4-3-5-7-15/h10,13,15-18H,3-9,11-12H2,1-2H3/t16-,17+,18-,21-/m1/s1. The highest BCUT2D eigenvalue weighted by atomic mass is 16.6. The molecule has 2 aliphatic carbocycles. The number of rotatable bonds is 3. The van der Waals surface area contributed by atoms with Crippen molar-refractivity contribution in [1.29, 1.82) is 0 Å². The van der Waals surface area contributed by atoms with Crippen LogP contribution in [0.5, 0.6) is 0 Å². The van der Waals surface area contributed by atoms with Crippen LogP contribution in [0.15, 0.2) is 11.6 Å². The Morgan fingerprint density at radius 3 is 2.62 bits per heavy atom. The summed E-state index contributed by atoms with van der Waals surface area (Å²) in [6.07, 6.45) is 9.27. The number of esters is 2. The molecule has 3 fully saturated rings. The second-order valence-corrected chi connectivity index (χ2v) is 8.82. The average molecular weight is 362 g/mol. The summed E-state index contributed by atoms with van der Waals surface area (Å²) in [6, 6.07) is 0. The molecule has 0 aromatic heterocycles. The number of carbonyl (C=O) groups is 2. The molecule has 4 aliphatic rings. The van der Waals surface area contributed by atoms with Crippen molar-refractivity contribution >= 4 is 11.9 Å². The first kappa shape index (κ1) is 18.0. The zero-order chi connectivity index (χ0) is 18.3. The Bertz CT molecular complexity index is 598. The molecule has 5 heteroatoms. The highest BCUT2D eigenvalue weighted by Gasteiger charge is 2.62. The van der Waals surface area contributed by atoms with Crippen LogP contribution in [0.4, 0.5) is 0 Å². The van der Waals surface area contributed by atoms with Crippen molar-refractivity contribution in [2.45, 2.75) is 70.5 Å². The zero-order valence-electron chi connectivity index (χ0n) is 15.9. The smallest absolute Gasteiger partial charge is 0.337 e. The first-order chi connectivity index (χ1) is 12.5. The van der Waals surface area contributed by atoms with Gasteiger partial charge in [-0.05, 0) is 56.3 Å². The molecule has 26 heavy (non-hydrogen) atoms. The SMILES string of the molecule is CC(C)[C@H]1CC[C@@]2(CO2)[C@H]2C(=O)OCC(C(=O)OC3CCCCC3)=C[C@@H]12. The number of fused-ring (bicyclic) bond motifs is 2. The molecular weight excluding hydrogens is 332 g/mol. The van der Waals surface area contributed by atoms with Crippen LogP contribution in [0, 0.1) is 23.7 Å². The summed E-state index contributed by atoms with van der Waals surface area (Å²) in [7, 11) is 0. The quantitative estimate of drug-likeness (QED) is 0.569. The molecular formula is C21H30O5. The molecule has 4 rings (SSSR count). The number of allylic oxidation sites excluding steroid dienone is 1. The van der Waals surface area contributed by atoms with Crippen molar-refractivity contribution in [2.24, 2.45) is 23.7 Å². The molecule has 0 amide bonds. The summed E-state index contributed by atoms with van der Waals surface area (Å²) in [5, 5.41) is 0. The lowest BCUT2D eigenvalue weighted by atomic mass is 9.63. The second-order valence-electron chi connectivity index (χ2n) is 8.82. The van der Waals surface area contributed by atoms with Gasteiger partial charge in [0.05, 0.1) is 18.1 Å². The highest BCUT2D eigenvalue weighted by molar-refractivity contribution is 5.90. The van der Waals surface area contributed by atoms with Gasteiger partial charge >= 0.3 is 11.9 Å². The van der Waals surface area contributed by atoms with Gasteiger partial charge in [-0.1, -0.05) is 26.3 Å². The van der Waals surface area contributed by atoms with Gasteiger partial charge in [0.2, 0.25) is 0 Å². The third-order valence-electron chi connectivity index (χ3n) is 6.82. The fourth-order valence-electron chi connectivity index (χ4n) is 5.20. The molecule has 144 valence electrons. The summed E-state index contributed by atoms with van der Waals surface area (Å²) in [5.41, 5.74) is 0.159. The molecule has 4 atom stereocenters. The number of ether oxygens (including phenoxy) is 3. The van der Waals surface area contributed by atoms with Crippen molar-refractivity contribution in [3.8, 4) is 0 Å². The molecule has 2 heterocycles. The van der Waals surface area contributed by atoms with Crippen molar-refractivity contribution in [3.05, 3.63) is 11.6 Å². The fourth-order valence-corrected chi connectivity index (χ4v) is 5.20. The summed E-state index contributed by atoms with van der Waals surface area (Å²) in [5.74, 6) is -0.00753. The Kier molecular flexibility index (Phi) is 4.84. The minimum atomic E-state index is -0.355. The predicted octanol–water partition coefficient (Wildman–Crippen LogP) is 3.41. The minimum Gasteiger partial charge on any atom is -0.460 e. The predicted molar refractivity (Wildman–Crippen MR) is 95.2 cm³/mol. The van der Waals surface area contributed by atoms with E-state index < -0.39 is 0 Å². The molecule has 0 aromatic carbocycles. The topological polar surface area (TPSA) is 65.1 Å². The largest absolute Gasteiger partial charge is 0.460 e. The number of cyclic esters (lactones) is 1. The van der Waals surface area contributed by atoms with Crippen LogP contribution in [0.2, 0.25) is 0 Å². The van der Waals surface area contributed by atoms with E-state index in [1.165, 1.54) is 6.42 Å². The first-order valence-electron chi connectivity index (χ1n) is 10.2. The van der Waals surface area contributed by atoms with E-state index in [1.807, 2.05) is 6.08 Å². The molecule has 0 bridgehead atoms. The van der Waals surface area contributed by atoms with E-state index in [-0.39, 0.29) is 42.1 Å². The van der Waals surface area contributed by atoms with Crippen LogP contribution >= 0.6 is 0 Å². The van der Waals surface area contributed by atoms with Crippen LogP contribution in [0.3, 0.4) is 0 Å². The number of hydrogen-bond acceptors (Lipinski definition) is 5. The van der Waals surface area contributed by atoms with E-state index in [0.29, 0.717) is 24.0 Å². The lowest BCUT2D eigenvalue weighted by Crippen LogP contribution is -2.45. The van der Waals surface area contributed by atoms with Crippen molar-refractivity contribution in [2.75, 3.05) is 13.2 Å². The van der Waals surface area contributed by atoms with Gasteiger partial charge in [-0.15, -0.1) is 0 Å². The van der Waals surface area contributed by atoms with E-state index in [0.717, 1.165) is 38.5 Å². The number of carbonyl (C=O) groups excluding carboxylic acids is 2. The Morgan fingerprint density at radius 1 is 1.23 bits per heavy atom. The molecule has 0 unspecified atom stereocenters. The van der Waals surface area contributed by atoms with Gasteiger partial charge in [0.25, 0.3) is 0 Å². The maximum atomic E-state index is 12.7. The zero-order valence-corrected chi connectivity index (χ0v) is 15.9. The van der Waals surface area contributed by atoms with Gasteiger partial charge < -0.3 is 14.2 Å². The fraction of sp³-hybridized carbons (Fsp3) is 0.810. The average Bonchev–Trinajstić information content (AvgIpc) is 3.40. The highest BCUT2D eigenvalue weighted by Crippen LogP contribution is 2.54. The van der Waals surface area contributed by atoms with Crippen LogP contribution < -0.4 is 0 Å². The van der Waals surface area contributed by atoms with E-state index in [4.69, 9.17) is 14.2 Å². The third kappa shape index (κ3) is 3.30. The van der Waals surface area contributed by atoms with E-state index >= 15 is 0 Å². The summed E-state index contributed by atoms with van der Waals surface area (Å²) in [4.78, 5) is 25.5. The van der Waals surface area contributed by atoms with Crippen LogP contribution in [0.1, 0.15) is 58.8 Å². The van der Waals surface area contributed by atoms with Crippen LogP contribution in [-0.4, -0.2) is 36.9 Å². The summed E-state index contributed by atoms with van der Waals surface area (Å²) in [6.45, 7) is 5.04. The van der Waals surface area contributed by atoms with Gasteiger partial charge in [0.15, 0.2) is 0 Å². The lowest BCUT2D eigenvalue weighted by molar-refractivity contribution is -0.154. The van der Waals surface area contributed by atoms with Crippen molar-refractivity contribution < 1.29 is 23.8 Å². The maximum Gasteiger partial charge on any atom is 0.337 e.